The summed E-state index contributed by atoms with van der Waals surface area (Å²) in [4.78, 5) is 25.4. The molecule has 3 aromatic rings. The van der Waals surface area contributed by atoms with Gasteiger partial charge in [-0.3, -0.25) is 24.4 Å². The minimum Gasteiger partial charge on any atom is -0.377 e. The van der Waals surface area contributed by atoms with Gasteiger partial charge in [-0.25, -0.2) is 0 Å². The number of nitrogens with zero attached hydrogens (tertiary/aromatic N) is 5. The summed E-state index contributed by atoms with van der Waals surface area (Å²) in [5.74, 6) is 0.0721. The van der Waals surface area contributed by atoms with E-state index >= 15 is 0 Å². The third-order valence-corrected chi connectivity index (χ3v) is 5.05. The fraction of sp³-hybridized carbons (Fsp3) is 0.318. The second-order valence-electron chi connectivity index (χ2n) is 7.10. The molecule has 4 rings (SSSR count). The molecule has 1 aliphatic rings. The highest BCUT2D eigenvalue weighted by molar-refractivity contribution is 5.80. The van der Waals surface area contributed by atoms with Crippen molar-refractivity contribution in [3.05, 3.63) is 65.6 Å². The summed E-state index contributed by atoms with van der Waals surface area (Å²) in [5.41, 5.74) is 6.75. The second kappa shape index (κ2) is 8.45. The van der Waals surface area contributed by atoms with Crippen molar-refractivity contribution in [3.8, 4) is 11.3 Å². The zero-order valence-corrected chi connectivity index (χ0v) is 16.6. The van der Waals surface area contributed by atoms with Gasteiger partial charge in [0, 0.05) is 41.1 Å². The Morgan fingerprint density at radius 3 is 2.76 bits per heavy atom. The largest absolute Gasteiger partial charge is 0.377 e. The van der Waals surface area contributed by atoms with E-state index in [1.807, 2.05) is 26.0 Å². The lowest BCUT2D eigenvalue weighted by atomic mass is 10.00. The third-order valence-electron chi connectivity index (χ3n) is 5.05. The van der Waals surface area contributed by atoms with Crippen LogP contribution in [0, 0.1) is 13.8 Å². The Balaban J connectivity index is 1.44. The molecule has 7 nitrogen and oxygen atoms in total. The summed E-state index contributed by atoms with van der Waals surface area (Å²) in [6.45, 7) is 5.61. The molecule has 0 saturated heterocycles. The average molecular weight is 389 g/mol. The van der Waals surface area contributed by atoms with E-state index in [1.165, 1.54) is 5.57 Å². The number of hydrogen-bond acceptors (Lipinski definition) is 6. The monoisotopic (exact) mass is 389 g/mol. The fourth-order valence-electron chi connectivity index (χ4n) is 3.62. The maximum atomic E-state index is 12.6. The molecule has 29 heavy (non-hydrogen) atoms. The van der Waals surface area contributed by atoms with Crippen LogP contribution in [0.5, 0.6) is 0 Å². The molecule has 7 heteroatoms. The van der Waals surface area contributed by atoms with Gasteiger partial charge in [-0.1, -0.05) is 6.08 Å². The standard InChI is InChI=1S/C22H23N5O2/c1-15-22(17-5-9-29-10-6-17)16(2)27(26-15)14-20(28)11-19-4-3-18(12-25-19)21-13-23-7-8-24-21/h3-5,7-8,12-13H,6,9-11,14H2,1-2H3. The van der Waals surface area contributed by atoms with E-state index in [2.05, 4.69) is 26.1 Å². The first-order valence-electron chi connectivity index (χ1n) is 9.66. The highest BCUT2D eigenvalue weighted by atomic mass is 16.5. The number of Topliss-reactive ketones (excluding diaryl/α,β-unsaturated/α-hetero) is 1. The van der Waals surface area contributed by atoms with Gasteiger partial charge in [-0.15, -0.1) is 0 Å². The van der Waals surface area contributed by atoms with Gasteiger partial charge in [0.1, 0.15) is 6.54 Å². The Morgan fingerprint density at radius 2 is 2.07 bits per heavy atom. The topological polar surface area (TPSA) is 82.8 Å². The molecule has 0 aromatic carbocycles. The van der Waals surface area contributed by atoms with Crippen LogP contribution in [0.1, 0.15) is 29.1 Å². The highest BCUT2D eigenvalue weighted by Gasteiger charge is 2.18. The molecule has 0 aliphatic carbocycles. The SMILES string of the molecule is Cc1nn(CC(=O)Cc2ccc(-c3cnccn3)cn2)c(C)c1C1=CCOCC1. The van der Waals surface area contributed by atoms with Gasteiger partial charge in [0.05, 0.1) is 37.2 Å². The van der Waals surface area contributed by atoms with Crippen LogP contribution in [0.2, 0.25) is 0 Å². The van der Waals surface area contributed by atoms with Crippen molar-refractivity contribution < 1.29 is 9.53 Å². The summed E-state index contributed by atoms with van der Waals surface area (Å²) >= 11 is 0. The van der Waals surface area contributed by atoms with Gasteiger partial charge in [0.2, 0.25) is 0 Å². The van der Waals surface area contributed by atoms with Crippen LogP contribution in [-0.2, 0) is 22.5 Å². The fourth-order valence-corrected chi connectivity index (χ4v) is 3.62. The van der Waals surface area contributed by atoms with Crippen molar-refractivity contribution in [1.29, 1.82) is 0 Å². The lowest BCUT2D eigenvalue weighted by molar-refractivity contribution is -0.119. The summed E-state index contributed by atoms with van der Waals surface area (Å²) in [7, 11) is 0. The molecule has 0 atom stereocenters. The smallest absolute Gasteiger partial charge is 0.160 e. The summed E-state index contributed by atoms with van der Waals surface area (Å²) in [6, 6.07) is 3.78. The molecule has 3 aromatic heterocycles. The number of rotatable bonds is 6. The van der Waals surface area contributed by atoms with Gasteiger partial charge in [0.15, 0.2) is 5.78 Å². The molecule has 0 unspecified atom stereocenters. The first-order valence-corrected chi connectivity index (χ1v) is 9.66. The number of hydrogen-bond donors (Lipinski definition) is 0. The Labute approximate surface area is 169 Å². The van der Waals surface area contributed by atoms with E-state index in [0.29, 0.717) is 6.61 Å². The summed E-state index contributed by atoms with van der Waals surface area (Å²) in [6.07, 6.45) is 9.95. The van der Waals surface area contributed by atoms with Crippen LogP contribution >= 0.6 is 0 Å². The minimum atomic E-state index is 0.0721. The Kier molecular flexibility index (Phi) is 5.57. The van der Waals surface area contributed by atoms with Gasteiger partial charge in [-0.2, -0.15) is 5.10 Å². The first kappa shape index (κ1) is 19.1. The van der Waals surface area contributed by atoms with Crippen molar-refractivity contribution >= 4 is 11.4 Å². The molecule has 0 bridgehead atoms. The Bertz CT molecular complexity index is 1040. The predicted octanol–water partition coefficient (Wildman–Crippen LogP) is 2.97. The Morgan fingerprint density at radius 1 is 1.17 bits per heavy atom. The summed E-state index contributed by atoms with van der Waals surface area (Å²) in [5, 5.41) is 4.60. The van der Waals surface area contributed by atoms with Crippen LogP contribution in [0.3, 0.4) is 0 Å². The molecule has 1 aliphatic heterocycles. The molecule has 148 valence electrons. The summed E-state index contributed by atoms with van der Waals surface area (Å²) < 4.78 is 7.21. The molecule has 0 saturated carbocycles. The van der Waals surface area contributed by atoms with Gasteiger partial charge < -0.3 is 4.74 Å². The molecule has 0 fully saturated rings. The van der Waals surface area contributed by atoms with Crippen molar-refractivity contribution in [2.45, 2.75) is 33.2 Å². The zero-order valence-electron chi connectivity index (χ0n) is 16.6. The maximum absolute atomic E-state index is 12.6. The third kappa shape index (κ3) is 4.30. The molecule has 0 amide bonds. The molecule has 0 N–H and O–H groups in total. The molecule has 0 radical (unpaired) electrons. The minimum absolute atomic E-state index is 0.0721. The van der Waals surface area contributed by atoms with Crippen LogP contribution in [0.15, 0.2) is 43.0 Å². The van der Waals surface area contributed by atoms with Crippen LogP contribution < -0.4 is 0 Å². The number of ketones is 1. The zero-order chi connectivity index (χ0) is 20.2. The van der Waals surface area contributed by atoms with E-state index in [-0.39, 0.29) is 18.7 Å². The van der Waals surface area contributed by atoms with Crippen LogP contribution in [-0.4, -0.2) is 43.7 Å². The quantitative estimate of drug-likeness (QED) is 0.645. The molecular weight excluding hydrogens is 366 g/mol. The van der Waals surface area contributed by atoms with E-state index < -0.39 is 0 Å². The van der Waals surface area contributed by atoms with E-state index in [0.717, 1.165) is 46.9 Å². The lowest BCUT2D eigenvalue weighted by Gasteiger charge is -2.14. The molecule has 0 spiro atoms. The van der Waals surface area contributed by atoms with E-state index in [4.69, 9.17) is 4.74 Å². The van der Waals surface area contributed by atoms with Gasteiger partial charge in [-0.05, 0) is 38.0 Å². The molecular formula is C22H23N5O2. The average Bonchev–Trinajstić information content (AvgIpc) is 3.02. The number of ether oxygens (including phenoxy) is 1. The first-order chi connectivity index (χ1) is 14.1. The highest BCUT2D eigenvalue weighted by Crippen LogP contribution is 2.27. The Hall–Kier alpha value is -3.19. The maximum Gasteiger partial charge on any atom is 0.160 e. The lowest BCUT2D eigenvalue weighted by Crippen LogP contribution is -2.15. The van der Waals surface area contributed by atoms with Crippen LogP contribution in [0.4, 0.5) is 0 Å². The predicted molar refractivity (Wildman–Crippen MR) is 109 cm³/mol. The van der Waals surface area contributed by atoms with Crippen LogP contribution in [0.25, 0.3) is 16.8 Å². The second-order valence-corrected chi connectivity index (χ2v) is 7.10. The number of pyridine rings is 1. The van der Waals surface area contributed by atoms with Gasteiger partial charge >= 0.3 is 0 Å². The number of aryl methyl sites for hydroxylation is 1. The normalized spacial score (nSPS) is 13.9. The number of aromatic nitrogens is 5. The van der Waals surface area contributed by atoms with E-state index in [1.54, 1.807) is 29.5 Å². The van der Waals surface area contributed by atoms with Gasteiger partial charge in [0.25, 0.3) is 0 Å². The van der Waals surface area contributed by atoms with Crippen molar-refractivity contribution in [2.75, 3.05) is 13.2 Å². The van der Waals surface area contributed by atoms with E-state index in [9.17, 15) is 4.79 Å². The number of carbonyl (C=O) groups excluding carboxylic acids is 1. The van der Waals surface area contributed by atoms with Crippen molar-refractivity contribution in [2.24, 2.45) is 0 Å². The van der Waals surface area contributed by atoms with Crippen molar-refractivity contribution in [1.82, 2.24) is 24.7 Å². The number of carbonyl (C=O) groups is 1. The van der Waals surface area contributed by atoms with Crippen molar-refractivity contribution in [3.63, 3.8) is 0 Å². The molecule has 4 heterocycles.